The van der Waals surface area contributed by atoms with E-state index in [-0.39, 0.29) is 17.3 Å². The van der Waals surface area contributed by atoms with Gasteiger partial charge in [0.1, 0.15) is 0 Å². The molecule has 0 bridgehead atoms. The van der Waals surface area contributed by atoms with Gasteiger partial charge in [0.15, 0.2) is 0 Å². The summed E-state index contributed by atoms with van der Waals surface area (Å²) in [4.78, 5) is 25.8. The highest BCUT2D eigenvalue weighted by molar-refractivity contribution is 4.88. The quantitative estimate of drug-likeness (QED) is 0.753. The summed E-state index contributed by atoms with van der Waals surface area (Å²) < 4.78 is 2.92. The van der Waals surface area contributed by atoms with Crippen molar-refractivity contribution in [2.75, 3.05) is 20.6 Å². The number of likely N-dealkylation sites (N-methyl/N-ethyl adjacent to an activating group) is 1. The Hall–Kier alpha value is -1.36. The molecule has 1 atom stereocenters. The minimum Gasteiger partial charge on any atom is -0.308 e. The maximum atomic E-state index is 12.1. The molecular formula is C12H21N3O2. The highest BCUT2D eigenvalue weighted by atomic mass is 16.2. The van der Waals surface area contributed by atoms with E-state index < -0.39 is 0 Å². The third-order valence-electron chi connectivity index (χ3n) is 2.91. The first-order chi connectivity index (χ1) is 7.97. The van der Waals surface area contributed by atoms with E-state index in [1.807, 2.05) is 32.8 Å². The molecule has 0 aliphatic heterocycles. The zero-order chi connectivity index (χ0) is 13.0. The van der Waals surface area contributed by atoms with Crippen LogP contribution in [0.25, 0.3) is 0 Å². The Morgan fingerprint density at radius 1 is 1.35 bits per heavy atom. The molecule has 0 saturated heterocycles. The lowest BCUT2D eigenvalue weighted by Gasteiger charge is -2.15. The van der Waals surface area contributed by atoms with Gasteiger partial charge in [0.25, 0.3) is 5.56 Å². The molecule has 96 valence electrons. The van der Waals surface area contributed by atoms with Crippen LogP contribution in [0.4, 0.5) is 0 Å². The Morgan fingerprint density at radius 2 is 2.00 bits per heavy atom. The summed E-state index contributed by atoms with van der Waals surface area (Å²) in [6.45, 7) is 5.23. The van der Waals surface area contributed by atoms with Crippen LogP contribution in [0.5, 0.6) is 0 Å². The van der Waals surface area contributed by atoms with Crippen molar-refractivity contribution < 1.29 is 0 Å². The number of hydrogen-bond acceptors (Lipinski definition) is 3. The average Bonchev–Trinajstić information content (AvgIpc) is 2.27. The molecule has 0 aromatic carbocycles. The maximum absolute atomic E-state index is 12.1. The van der Waals surface area contributed by atoms with E-state index in [1.165, 1.54) is 10.6 Å². The maximum Gasteiger partial charge on any atom is 0.331 e. The standard InChI is InChI=1S/C12H21N3O2/c1-5-10(2)15-11(16)6-7-14(12(15)17)9-8-13(3)4/h6-7,10H,5,8-9H2,1-4H3. The zero-order valence-corrected chi connectivity index (χ0v) is 11.0. The van der Waals surface area contributed by atoms with Crippen LogP contribution in [0.2, 0.25) is 0 Å². The van der Waals surface area contributed by atoms with Gasteiger partial charge in [-0.3, -0.25) is 13.9 Å². The van der Waals surface area contributed by atoms with Gasteiger partial charge in [-0.25, -0.2) is 4.79 Å². The van der Waals surface area contributed by atoms with Gasteiger partial charge in [0.05, 0.1) is 0 Å². The Bertz CT molecular complexity index is 473. The predicted octanol–water partition coefficient (Wildman–Crippen LogP) is 0.543. The fourth-order valence-corrected chi connectivity index (χ4v) is 1.60. The summed E-state index contributed by atoms with van der Waals surface area (Å²) in [5, 5.41) is 0. The van der Waals surface area contributed by atoms with Gasteiger partial charge < -0.3 is 4.90 Å². The van der Waals surface area contributed by atoms with E-state index in [0.29, 0.717) is 6.54 Å². The molecule has 0 spiro atoms. The molecule has 1 rings (SSSR count). The number of rotatable bonds is 5. The average molecular weight is 239 g/mol. The highest BCUT2D eigenvalue weighted by Crippen LogP contribution is 2.02. The lowest BCUT2D eigenvalue weighted by Crippen LogP contribution is -2.41. The van der Waals surface area contributed by atoms with Crippen LogP contribution in [0.3, 0.4) is 0 Å². The molecule has 5 heteroatoms. The van der Waals surface area contributed by atoms with Crippen LogP contribution >= 0.6 is 0 Å². The van der Waals surface area contributed by atoms with Crippen LogP contribution in [0.15, 0.2) is 21.9 Å². The molecule has 17 heavy (non-hydrogen) atoms. The van der Waals surface area contributed by atoms with Crippen LogP contribution in [-0.2, 0) is 6.54 Å². The topological polar surface area (TPSA) is 47.2 Å². The predicted molar refractivity (Wildman–Crippen MR) is 68.5 cm³/mol. The molecule has 1 unspecified atom stereocenters. The molecule has 0 fully saturated rings. The van der Waals surface area contributed by atoms with E-state index in [2.05, 4.69) is 0 Å². The van der Waals surface area contributed by atoms with E-state index in [1.54, 1.807) is 10.8 Å². The highest BCUT2D eigenvalue weighted by Gasteiger charge is 2.10. The van der Waals surface area contributed by atoms with Crippen LogP contribution in [-0.4, -0.2) is 34.7 Å². The van der Waals surface area contributed by atoms with Crippen molar-refractivity contribution in [3.8, 4) is 0 Å². The molecule has 1 heterocycles. The Morgan fingerprint density at radius 3 is 2.53 bits per heavy atom. The van der Waals surface area contributed by atoms with Crippen molar-refractivity contribution in [2.24, 2.45) is 0 Å². The third kappa shape index (κ3) is 3.30. The first kappa shape index (κ1) is 13.7. The van der Waals surface area contributed by atoms with Crippen molar-refractivity contribution in [3.63, 3.8) is 0 Å². The van der Waals surface area contributed by atoms with E-state index >= 15 is 0 Å². The largest absolute Gasteiger partial charge is 0.331 e. The second kappa shape index (κ2) is 5.82. The van der Waals surface area contributed by atoms with Crippen LogP contribution in [0, 0.1) is 0 Å². The third-order valence-corrected chi connectivity index (χ3v) is 2.91. The Balaban J connectivity index is 3.11. The minimum atomic E-state index is -0.217. The number of nitrogens with zero attached hydrogens (tertiary/aromatic N) is 3. The minimum absolute atomic E-state index is 0.0539. The first-order valence-corrected chi connectivity index (χ1v) is 5.94. The molecule has 5 nitrogen and oxygen atoms in total. The Labute approximate surface area is 101 Å². The van der Waals surface area contributed by atoms with Crippen LogP contribution in [0.1, 0.15) is 26.3 Å². The SMILES string of the molecule is CCC(C)n1c(=O)ccn(CCN(C)C)c1=O. The van der Waals surface area contributed by atoms with Gasteiger partial charge >= 0.3 is 5.69 Å². The fraction of sp³-hybridized carbons (Fsp3) is 0.667. The van der Waals surface area contributed by atoms with Crippen molar-refractivity contribution in [1.29, 1.82) is 0 Å². The monoisotopic (exact) mass is 239 g/mol. The summed E-state index contributed by atoms with van der Waals surface area (Å²) in [5.41, 5.74) is -0.431. The summed E-state index contributed by atoms with van der Waals surface area (Å²) >= 11 is 0. The normalized spacial score (nSPS) is 13.0. The summed E-state index contributed by atoms with van der Waals surface area (Å²) in [7, 11) is 3.91. The zero-order valence-electron chi connectivity index (χ0n) is 11.0. The van der Waals surface area contributed by atoms with Gasteiger partial charge in [0.2, 0.25) is 0 Å². The van der Waals surface area contributed by atoms with Gasteiger partial charge in [-0.05, 0) is 27.4 Å². The summed E-state index contributed by atoms with van der Waals surface area (Å²) in [5.74, 6) is 0. The molecule has 0 amide bonds. The molecule has 0 N–H and O–H groups in total. The van der Waals surface area contributed by atoms with Gasteiger partial charge in [-0.1, -0.05) is 6.92 Å². The van der Waals surface area contributed by atoms with Gasteiger partial charge in [-0.15, -0.1) is 0 Å². The molecule has 0 radical (unpaired) electrons. The molecule has 0 saturated carbocycles. The molecule has 1 aromatic heterocycles. The smallest absolute Gasteiger partial charge is 0.308 e. The first-order valence-electron chi connectivity index (χ1n) is 5.94. The molecule has 0 aliphatic carbocycles. The molecular weight excluding hydrogens is 218 g/mol. The summed E-state index contributed by atoms with van der Waals surface area (Å²) in [6, 6.07) is 1.41. The van der Waals surface area contributed by atoms with E-state index in [9.17, 15) is 9.59 Å². The molecule has 1 aromatic rings. The van der Waals surface area contributed by atoms with Crippen molar-refractivity contribution >= 4 is 0 Å². The lowest BCUT2D eigenvalue weighted by atomic mass is 10.2. The number of aromatic nitrogens is 2. The van der Waals surface area contributed by atoms with E-state index in [0.717, 1.165) is 13.0 Å². The van der Waals surface area contributed by atoms with Gasteiger partial charge in [-0.2, -0.15) is 0 Å². The Kier molecular flexibility index (Phi) is 4.69. The van der Waals surface area contributed by atoms with Crippen molar-refractivity contribution in [3.05, 3.63) is 33.1 Å². The van der Waals surface area contributed by atoms with E-state index in [4.69, 9.17) is 0 Å². The van der Waals surface area contributed by atoms with Gasteiger partial charge in [0, 0.05) is 31.4 Å². The van der Waals surface area contributed by atoms with Crippen LogP contribution < -0.4 is 11.2 Å². The second-order valence-corrected chi connectivity index (χ2v) is 4.56. The fourth-order valence-electron chi connectivity index (χ4n) is 1.60. The van der Waals surface area contributed by atoms with Crippen molar-refractivity contribution in [2.45, 2.75) is 32.9 Å². The second-order valence-electron chi connectivity index (χ2n) is 4.56. The molecule has 0 aliphatic rings. The summed E-state index contributed by atoms with van der Waals surface area (Å²) in [6.07, 6.45) is 2.35. The number of hydrogen-bond donors (Lipinski definition) is 0. The lowest BCUT2D eigenvalue weighted by molar-refractivity contribution is 0.369. The van der Waals surface area contributed by atoms with Crippen molar-refractivity contribution in [1.82, 2.24) is 14.0 Å².